The highest BCUT2D eigenvalue weighted by Gasteiger charge is 2.16. The molecule has 1 nitrogen and oxygen atoms in total. The smallest absolute Gasteiger partial charge is 0.169 e. The third-order valence-corrected chi connectivity index (χ3v) is 2.79. The van der Waals surface area contributed by atoms with Crippen LogP contribution in [0.15, 0.2) is 24.3 Å². The molecule has 0 saturated heterocycles. The summed E-state index contributed by atoms with van der Waals surface area (Å²) in [4.78, 5) is 11.5. The second kappa shape index (κ2) is 4.51. The predicted octanol–water partition coefficient (Wildman–Crippen LogP) is 3.04. The average Bonchev–Trinajstić information content (AvgIpc) is 2.16. The van der Waals surface area contributed by atoms with Crippen LogP contribution in [-0.2, 0) is 0 Å². The van der Waals surface area contributed by atoms with Crippen molar-refractivity contribution in [3.05, 3.63) is 35.6 Å². The molecule has 0 aromatic heterocycles. The number of hydrogen-bond donors (Lipinski definition) is 0. The molecule has 0 spiro atoms. The van der Waals surface area contributed by atoms with Crippen LogP contribution in [0.25, 0.3) is 0 Å². The van der Waals surface area contributed by atoms with Gasteiger partial charge in [0.05, 0.1) is 5.56 Å². The largest absolute Gasteiger partial charge is 0.294 e. The molecule has 0 saturated carbocycles. The van der Waals surface area contributed by atoms with E-state index in [9.17, 15) is 9.18 Å². The minimum atomic E-state index is -0.444. The molecule has 0 aliphatic carbocycles. The Kier molecular flexibility index (Phi) is 3.60. The summed E-state index contributed by atoms with van der Waals surface area (Å²) in [6.45, 7) is 1.77. The topological polar surface area (TPSA) is 17.1 Å². The molecule has 1 aromatic carbocycles. The van der Waals surface area contributed by atoms with Gasteiger partial charge in [0.2, 0.25) is 0 Å². The van der Waals surface area contributed by atoms with Crippen LogP contribution in [0, 0.1) is 11.7 Å². The van der Waals surface area contributed by atoms with Gasteiger partial charge in [-0.1, -0.05) is 35.0 Å². The fraction of sp³-hybridized carbons (Fsp3) is 0.300. The van der Waals surface area contributed by atoms with E-state index in [4.69, 9.17) is 0 Å². The molecule has 1 rings (SSSR count). The van der Waals surface area contributed by atoms with Crippen LogP contribution in [0.3, 0.4) is 0 Å². The molecule has 0 bridgehead atoms. The second-order valence-electron chi connectivity index (χ2n) is 2.90. The molecule has 0 aliphatic heterocycles. The number of ketones is 1. The molecule has 1 unspecified atom stereocenters. The summed E-state index contributed by atoms with van der Waals surface area (Å²) in [5.41, 5.74) is 0.175. The predicted molar refractivity (Wildman–Crippen MR) is 53.7 cm³/mol. The highest BCUT2D eigenvalue weighted by atomic mass is 79.9. The fourth-order valence-corrected chi connectivity index (χ4v) is 1.29. The third kappa shape index (κ3) is 2.37. The lowest BCUT2D eigenvalue weighted by Crippen LogP contribution is -2.13. The first kappa shape index (κ1) is 10.4. The molecule has 0 radical (unpaired) electrons. The first-order valence-electron chi connectivity index (χ1n) is 4.01. The standard InChI is InChI=1S/C10H10BrFO/c1-7(6-11)10(13)8-4-2-3-5-9(8)12/h2-5,7H,6H2,1H3. The lowest BCUT2D eigenvalue weighted by atomic mass is 10.0. The van der Waals surface area contributed by atoms with Gasteiger partial charge in [0.15, 0.2) is 5.78 Å². The minimum absolute atomic E-state index is 0.157. The summed E-state index contributed by atoms with van der Waals surface area (Å²) < 4.78 is 13.1. The van der Waals surface area contributed by atoms with Gasteiger partial charge in [-0.2, -0.15) is 0 Å². The zero-order chi connectivity index (χ0) is 9.84. The van der Waals surface area contributed by atoms with Crippen molar-refractivity contribution in [2.24, 2.45) is 5.92 Å². The maximum atomic E-state index is 13.1. The van der Waals surface area contributed by atoms with E-state index in [0.717, 1.165) is 0 Å². The fourth-order valence-electron chi connectivity index (χ4n) is 0.997. The Hall–Kier alpha value is -0.700. The Morgan fingerprint density at radius 3 is 2.69 bits per heavy atom. The molecular weight excluding hydrogens is 235 g/mol. The van der Waals surface area contributed by atoms with Crippen molar-refractivity contribution in [3.63, 3.8) is 0 Å². The van der Waals surface area contributed by atoms with Crippen molar-refractivity contribution in [1.82, 2.24) is 0 Å². The minimum Gasteiger partial charge on any atom is -0.294 e. The molecule has 1 aromatic rings. The average molecular weight is 245 g/mol. The number of Topliss-reactive ketones (excluding diaryl/α,β-unsaturated/α-hetero) is 1. The second-order valence-corrected chi connectivity index (χ2v) is 3.55. The maximum absolute atomic E-state index is 13.1. The van der Waals surface area contributed by atoms with E-state index in [2.05, 4.69) is 15.9 Å². The molecule has 3 heteroatoms. The molecule has 0 amide bonds. The number of rotatable bonds is 3. The van der Waals surface area contributed by atoms with Crippen molar-refractivity contribution in [2.75, 3.05) is 5.33 Å². The van der Waals surface area contributed by atoms with Crippen LogP contribution in [0.1, 0.15) is 17.3 Å². The van der Waals surface area contributed by atoms with Crippen molar-refractivity contribution in [2.45, 2.75) is 6.92 Å². The van der Waals surface area contributed by atoms with Crippen LogP contribution in [0.2, 0.25) is 0 Å². The quantitative estimate of drug-likeness (QED) is 0.590. The van der Waals surface area contributed by atoms with Gasteiger partial charge in [0.25, 0.3) is 0 Å². The number of alkyl halides is 1. The van der Waals surface area contributed by atoms with E-state index in [1.165, 1.54) is 12.1 Å². The summed E-state index contributed by atoms with van der Waals surface area (Å²) in [6.07, 6.45) is 0. The van der Waals surface area contributed by atoms with Gasteiger partial charge in [0.1, 0.15) is 5.82 Å². The van der Waals surface area contributed by atoms with Crippen LogP contribution in [0.5, 0.6) is 0 Å². The van der Waals surface area contributed by atoms with Gasteiger partial charge >= 0.3 is 0 Å². The van der Waals surface area contributed by atoms with Crippen LogP contribution in [-0.4, -0.2) is 11.1 Å². The van der Waals surface area contributed by atoms with Crippen molar-refractivity contribution in [1.29, 1.82) is 0 Å². The molecular formula is C10H10BrFO. The van der Waals surface area contributed by atoms with Crippen LogP contribution >= 0.6 is 15.9 Å². The molecule has 0 N–H and O–H groups in total. The highest BCUT2D eigenvalue weighted by molar-refractivity contribution is 9.09. The molecule has 0 fully saturated rings. The third-order valence-electron chi connectivity index (χ3n) is 1.82. The monoisotopic (exact) mass is 244 g/mol. The van der Waals surface area contributed by atoms with Gasteiger partial charge in [-0.05, 0) is 12.1 Å². The van der Waals surface area contributed by atoms with E-state index < -0.39 is 5.82 Å². The maximum Gasteiger partial charge on any atom is 0.169 e. The van der Waals surface area contributed by atoms with E-state index in [0.29, 0.717) is 5.33 Å². The lowest BCUT2D eigenvalue weighted by Gasteiger charge is -2.06. The number of halogens is 2. The highest BCUT2D eigenvalue weighted by Crippen LogP contribution is 2.13. The Morgan fingerprint density at radius 2 is 2.15 bits per heavy atom. The van der Waals surface area contributed by atoms with Crippen molar-refractivity contribution in [3.8, 4) is 0 Å². The Labute approximate surface area is 85.1 Å². The summed E-state index contributed by atoms with van der Waals surface area (Å²) in [7, 11) is 0. The first-order chi connectivity index (χ1) is 6.16. The van der Waals surface area contributed by atoms with Crippen molar-refractivity contribution < 1.29 is 9.18 Å². The lowest BCUT2D eigenvalue weighted by molar-refractivity contribution is 0.0938. The number of carbonyl (C=O) groups excluding carboxylic acids is 1. The van der Waals surface area contributed by atoms with Gasteiger partial charge < -0.3 is 0 Å². The first-order valence-corrected chi connectivity index (χ1v) is 5.13. The number of benzene rings is 1. The Morgan fingerprint density at radius 1 is 1.54 bits per heavy atom. The molecule has 0 aliphatic rings. The van der Waals surface area contributed by atoms with Crippen LogP contribution < -0.4 is 0 Å². The Balaban J connectivity index is 2.95. The number of hydrogen-bond acceptors (Lipinski definition) is 1. The summed E-state index contributed by atoms with van der Waals surface area (Å²) in [5.74, 6) is -0.785. The zero-order valence-corrected chi connectivity index (χ0v) is 8.84. The summed E-state index contributed by atoms with van der Waals surface area (Å²) in [6, 6.07) is 6.05. The zero-order valence-electron chi connectivity index (χ0n) is 7.26. The Bertz CT molecular complexity index is 312. The van der Waals surface area contributed by atoms with E-state index in [1.807, 2.05) is 0 Å². The summed E-state index contributed by atoms with van der Waals surface area (Å²) >= 11 is 3.19. The van der Waals surface area contributed by atoms with Crippen LogP contribution in [0.4, 0.5) is 4.39 Å². The van der Waals surface area contributed by atoms with E-state index in [1.54, 1.807) is 19.1 Å². The molecule has 0 heterocycles. The van der Waals surface area contributed by atoms with Gasteiger partial charge in [-0.3, -0.25) is 4.79 Å². The summed E-state index contributed by atoms with van der Waals surface area (Å²) in [5, 5.41) is 0.556. The normalized spacial score (nSPS) is 12.5. The molecule has 70 valence electrons. The van der Waals surface area contributed by atoms with Gasteiger partial charge in [-0.25, -0.2) is 4.39 Å². The molecule has 1 atom stereocenters. The van der Waals surface area contributed by atoms with Crippen molar-refractivity contribution >= 4 is 21.7 Å². The van der Waals surface area contributed by atoms with E-state index in [-0.39, 0.29) is 17.3 Å². The van der Waals surface area contributed by atoms with Gasteiger partial charge in [0, 0.05) is 11.2 Å². The van der Waals surface area contributed by atoms with Gasteiger partial charge in [-0.15, -0.1) is 0 Å². The van der Waals surface area contributed by atoms with E-state index >= 15 is 0 Å². The SMILES string of the molecule is CC(CBr)C(=O)c1ccccc1F. The number of carbonyl (C=O) groups is 1. The molecule has 13 heavy (non-hydrogen) atoms.